The van der Waals surface area contributed by atoms with E-state index in [1.54, 1.807) is 0 Å². The van der Waals surface area contributed by atoms with E-state index in [1.165, 1.54) is 0 Å². The number of hydrogen-bond donors (Lipinski definition) is 1. The monoisotopic (exact) mass is 455 g/mol. The number of nitrogens with zero attached hydrogens (tertiary/aromatic N) is 6. The van der Waals surface area contributed by atoms with E-state index in [-0.39, 0.29) is 5.41 Å². The molecule has 3 aromatic rings. The molecule has 0 spiro atoms. The molecule has 2 N–H and O–H groups in total. The highest BCUT2D eigenvalue weighted by molar-refractivity contribution is 6.17. The van der Waals surface area contributed by atoms with Crippen LogP contribution in [0.15, 0.2) is 69.8 Å². The van der Waals surface area contributed by atoms with Crippen molar-refractivity contribution in [2.24, 2.45) is 21.1 Å². The van der Waals surface area contributed by atoms with E-state index in [0.29, 0.717) is 30.1 Å². The molecule has 1 aliphatic rings. The zero-order valence-corrected chi connectivity index (χ0v) is 20.8. The Hall–Kier alpha value is -3.61. The van der Waals surface area contributed by atoms with Gasteiger partial charge in [-0.2, -0.15) is 0 Å². The van der Waals surface area contributed by atoms with Crippen molar-refractivity contribution < 1.29 is 0 Å². The molecule has 1 aromatic carbocycles. The summed E-state index contributed by atoms with van der Waals surface area (Å²) in [6, 6.07) is 12.1. The van der Waals surface area contributed by atoms with Gasteiger partial charge in [0.15, 0.2) is 5.84 Å². The Morgan fingerprint density at radius 3 is 2.62 bits per heavy atom. The van der Waals surface area contributed by atoms with Crippen LogP contribution in [0, 0.1) is 5.41 Å². The van der Waals surface area contributed by atoms with Gasteiger partial charge in [0.1, 0.15) is 5.52 Å². The number of nitrogens with two attached hydrogens (primary N) is 1. The van der Waals surface area contributed by atoms with Gasteiger partial charge in [0.05, 0.1) is 16.9 Å². The van der Waals surface area contributed by atoms with E-state index >= 15 is 0 Å². The van der Waals surface area contributed by atoms with E-state index in [9.17, 15) is 0 Å². The van der Waals surface area contributed by atoms with Gasteiger partial charge in [-0.25, -0.2) is 9.67 Å². The number of para-hydroxylation sites is 1. The second-order valence-corrected chi connectivity index (χ2v) is 9.86. The zero-order chi connectivity index (χ0) is 24.5. The summed E-state index contributed by atoms with van der Waals surface area (Å²) in [6.07, 6.45) is 2.42. The van der Waals surface area contributed by atoms with Gasteiger partial charge < -0.3 is 5.73 Å². The molecule has 176 valence electrons. The molecular formula is C27H33N7. The van der Waals surface area contributed by atoms with Crippen molar-refractivity contribution in [3.05, 3.63) is 71.2 Å². The van der Waals surface area contributed by atoms with Crippen molar-refractivity contribution in [1.82, 2.24) is 20.0 Å². The Kier molecular flexibility index (Phi) is 6.46. The van der Waals surface area contributed by atoms with Gasteiger partial charge in [0, 0.05) is 41.2 Å². The molecule has 2 aromatic heterocycles. The van der Waals surface area contributed by atoms with Crippen LogP contribution in [-0.4, -0.2) is 38.1 Å². The number of pyridine rings is 1. The number of allylic oxidation sites excluding steroid dienone is 1. The fourth-order valence-electron chi connectivity index (χ4n) is 4.03. The summed E-state index contributed by atoms with van der Waals surface area (Å²) in [4.78, 5) is 14.1. The molecule has 0 amide bonds. The van der Waals surface area contributed by atoms with E-state index < -0.39 is 0 Å². The second-order valence-electron chi connectivity index (χ2n) is 9.86. The largest absolute Gasteiger partial charge is 0.398 e. The maximum Gasteiger partial charge on any atom is 0.156 e. The molecule has 0 fully saturated rings. The molecular weight excluding hydrogens is 422 g/mol. The first kappa shape index (κ1) is 23.5. The molecule has 0 saturated carbocycles. The molecule has 4 rings (SSSR count). The Morgan fingerprint density at radius 2 is 1.88 bits per heavy atom. The zero-order valence-electron chi connectivity index (χ0n) is 20.8. The first-order valence-corrected chi connectivity index (χ1v) is 11.8. The van der Waals surface area contributed by atoms with Gasteiger partial charge in [-0.1, -0.05) is 44.7 Å². The molecule has 34 heavy (non-hydrogen) atoms. The minimum absolute atomic E-state index is 0.186. The number of dihydropyridines is 1. The lowest BCUT2D eigenvalue weighted by Gasteiger charge is -2.21. The van der Waals surface area contributed by atoms with Crippen molar-refractivity contribution in [3.63, 3.8) is 0 Å². The molecule has 0 aliphatic carbocycles. The molecule has 0 atom stereocenters. The van der Waals surface area contributed by atoms with Crippen molar-refractivity contribution in [1.29, 1.82) is 0 Å². The number of fused-ring (bicyclic) bond motifs is 1. The fraction of sp³-hybridized carbons (Fsp3) is 0.370. The van der Waals surface area contributed by atoms with Crippen LogP contribution >= 0.6 is 0 Å². The number of aromatic nitrogens is 4. The van der Waals surface area contributed by atoms with Gasteiger partial charge in [-0.05, 0) is 56.4 Å². The number of aryl methyl sites for hydroxylation is 1. The predicted molar refractivity (Wildman–Crippen MR) is 140 cm³/mol. The molecule has 0 saturated heterocycles. The smallest absolute Gasteiger partial charge is 0.156 e. The maximum absolute atomic E-state index is 6.47. The molecule has 1 aliphatic heterocycles. The summed E-state index contributed by atoms with van der Waals surface area (Å²) in [6.45, 7) is 15.4. The third-order valence-corrected chi connectivity index (χ3v) is 6.00. The number of hydrogen-bond acceptors (Lipinski definition) is 5. The standard InChI is InChI=1S/C27H33N7/c1-7-29-26-17(2)25(28)20(18(3)30-26)16-19-12-13-24(21(31-19)14-15-27(4,5)6)34-23-11-9-8-10-22(23)32-33-34/h8-13H,2,7,14-16,28H2,1,3-6H3. The van der Waals surface area contributed by atoms with Gasteiger partial charge in [-0.3, -0.25) is 9.98 Å². The minimum atomic E-state index is 0.186. The molecule has 0 bridgehead atoms. The lowest BCUT2D eigenvalue weighted by Crippen LogP contribution is -2.23. The van der Waals surface area contributed by atoms with Crippen LogP contribution in [0.25, 0.3) is 16.7 Å². The predicted octanol–water partition coefficient (Wildman–Crippen LogP) is 5.00. The SMILES string of the molecule is C=C1C(=NCC)N=C(C)C(Cc2ccc(-n3nnc4ccccc43)c(CCC(C)(C)C)n2)=C1N. The van der Waals surface area contributed by atoms with Crippen LogP contribution in [-0.2, 0) is 12.8 Å². The van der Waals surface area contributed by atoms with Crippen molar-refractivity contribution in [2.75, 3.05) is 6.54 Å². The van der Waals surface area contributed by atoms with Crippen LogP contribution in [0.5, 0.6) is 0 Å². The molecule has 3 heterocycles. The van der Waals surface area contributed by atoms with Crippen molar-refractivity contribution in [3.8, 4) is 5.69 Å². The van der Waals surface area contributed by atoms with Crippen LogP contribution in [0.1, 0.15) is 52.4 Å². The Morgan fingerprint density at radius 1 is 1.12 bits per heavy atom. The number of rotatable bonds is 6. The summed E-state index contributed by atoms with van der Waals surface area (Å²) < 4.78 is 1.89. The summed E-state index contributed by atoms with van der Waals surface area (Å²) in [5, 5.41) is 8.77. The first-order chi connectivity index (χ1) is 16.2. The quantitative estimate of drug-likeness (QED) is 0.566. The lowest BCUT2D eigenvalue weighted by atomic mass is 9.89. The highest BCUT2D eigenvalue weighted by atomic mass is 15.4. The van der Waals surface area contributed by atoms with Crippen LogP contribution in [0.4, 0.5) is 0 Å². The molecule has 7 nitrogen and oxygen atoms in total. The average Bonchev–Trinajstić information content (AvgIpc) is 3.22. The highest BCUT2D eigenvalue weighted by Crippen LogP contribution is 2.27. The summed E-state index contributed by atoms with van der Waals surface area (Å²) in [5.74, 6) is 0.619. The number of amidine groups is 1. The molecule has 0 radical (unpaired) electrons. The van der Waals surface area contributed by atoms with Gasteiger partial charge in [0.2, 0.25) is 0 Å². The van der Waals surface area contributed by atoms with Crippen molar-refractivity contribution >= 4 is 22.6 Å². The van der Waals surface area contributed by atoms with Crippen LogP contribution < -0.4 is 5.73 Å². The van der Waals surface area contributed by atoms with E-state index in [0.717, 1.165) is 52.2 Å². The van der Waals surface area contributed by atoms with Crippen LogP contribution in [0.2, 0.25) is 0 Å². The topological polar surface area (TPSA) is 94.3 Å². The van der Waals surface area contributed by atoms with Gasteiger partial charge >= 0.3 is 0 Å². The summed E-state index contributed by atoms with van der Waals surface area (Å²) in [7, 11) is 0. The maximum atomic E-state index is 6.47. The minimum Gasteiger partial charge on any atom is -0.398 e. The third-order valence-electron chi connectivity index (χ3n) is 6.00. The Bertz CT molecular complexity index is 1330. The van der Waals surface area contributed by atoms with Crippen LogP contribution in [0.3, 0.4) is 0 Å². The second kappa shape index (κ2) is 9.33. The van der Waals surface area contributed by atoms with E-state index in [4.69, 9.17) is 10.7 Å². The van der Waals surface area contributed by atoms with Gasteiger partial charge in [0.25, 0.3) is 0 Å². The van der Waals surface area contributed by atoms with Crippen molar-refractivity contribution in [2.45, 2.75) is 53.9 Å². The summed E-state index contributed by atoms with van der Waals surface area (Å²) >= 11 is 0. The van der Waals surface area contributed by atoms with E-state index in [2.05, 4.69) is 53.7 Å². The molecule has 7 heteroatoms. The fourth-order valence-corrected chi connectivity index (χ4v) is 4.03. The Balaban J connectivity index is 1.73. The van der Waals surface area contributed by atoms with Gasteiger partial charge in [-0.15, -0.1) is 5.10 Å². The van der Waals surface area contributed by atoms with E-state index in [1.807, 2.05) is 48.9 Å². The third kappa shape index (κ3) is 4.83. The summed E-state index contributed by atoms with van der Waals surface area (Å²) in [5.41, 5.74) is 14.5. The normalized spacial score (nSPS) is 16.0. The Labute approximate surface area is 201 Å². The average molecular weight is 456 g/mol. The molecule has 0 unspecified atom stereocenters. The number of aliphatic imine (C=N–C) groups is 2. The first-order valence-electron chi connectivity index (χ1n) is 11.8. The number of benzene rings is 1. The lowest BCUT2D eigenvalue weighted by molar-refractivity contribution is 0.376. The highest BCUT2D eigenvalue weighted by Gasteiger charge is 2.22.